The summed E-state index contributed by atoms with van der Waals surface area (Å²) in [5.41, 5.74) is 4.80. The maximum Gasteiger partial charge on any atom is 0.227 e. The van der Waals surface area contributed by atoms with Gasteiger partial charge >= 0.3 is 0 Å². The van der Waals surface area contributed by atoms with Crippen molar-refractivity contribution in [2.45, 2.75) is 39.2 Å². The van der Waals surface area contributed by atoms with Crippen molar-refractivity contribution in [1.82, 2.24) is 19.2 Å². The molecule has 7 heteroatoms. The lowest BCUT2D eigenvalue weighted by atomic mass is 10.1. The molecule has 4 rings (SSSR count). The molecule has 5 nitrogen and oxygen atoms in total. The molecule has 1 aliphatic rings. The quantitative estimate of drug-likeness (QED) is 0.581. The number of rotatable bonds is 4. The highest BCUT2D eigenvalue weighted by Crippen LogP contribution is 2.33. The molecule has 0 aliphatic carbocycles. The van der Waals surface area contributed by atoms with Gasteiger partial charge < -0.3 is 9.47 Å². The molecule has 0 N–H and O–H groups in total. The first-order chi connectivity index (χ1) is 13.9. The fourth-order valence-electron chi connectivity index (χ4n) is 4.24. The van der Waals surface area contributed by atoms with Crippen molar-refractivity contribution in [3.63, 3.8) is 0 Å². The molecule has 1 saturated heterocycles. The van der Waals surface area contributed by atoms with Gasteiger partial charge in [0.15, 0.2) is 0 Å². The molecule has 0 radical (unpaired) electrons. The SMILES string of the molecule is Cc1nn(-c2ccc(Cl)c(Cl)c2)c(C)c1CC(=O)N1CCCC1c1cccn1C. The minimum absolute atomic E-state index is 0.147. The van der Waals surface area contributed by atoms with E-state index >= 15 is 0 Å². The Morgan fingerprint density at radius 1 is 1.21 bits per heavy atom. The number of amides is 1. The maximum atomic E-state index is 13.2. The van der Waals surface area contributed by atoms with Gasteiger partial charge in [-0.1, -0.05) is 23.2 Å². The van der Waals surface area contributed by atoms with Gasteiger partial charge in [-0.15, -0.1) is 0 Å². The van der Waals surface area contributed by atoms with Crippen LogP contribution < -0.4 is 0 Å². The molecule has 3 heterocycles. The Bertz CT molecular complexity index is 1070. The van der Waals surface area contributed by atoms with E-state index in [2.05, 4.69) is 15.7 Å². The van der Waals surface area contributed by atoms with Gasteiger partial charge in [-0.3, -0.25) is 4.79 Å². The topological polar surface area (TPSA) is 43.1 Å². The highest BCUT2D eigenvalue weighted by atomic mass is 35.5. The number of carbonyl (C=O) groups excluding carboxylic acids is 1. The highest BCUT2D eigenvalue weighted by molar-refractivity contribution is 6.42. The fourth-order valence-corrected chi connectivity index (χ4v) is 4.54. The van der Waals surface area contributed by atoms with Crippen molar-refractivity contribution in [3.8, 4) is 5.69 Å². The van der Waals surface area contributed by atoms with Crippen LogP contribution in [0.5, 0.6) is 0 Å². The zero-order valence-corrected chi connectivity index (χ0v) is 18.3. The van der Waals surface area contributed by atoms with Crippen LogP contribution in [0.25, 0.3) is 5.69 Å². The van der Waals surface area contributed by atoms with Gasteiger partial charge in [0, 0.05) is 36.7 Å². The highest BCUT2D eigenvalue weighted by Gasteiger charge is 2.32. The average Bonchev–Trinajstić information content (AvgIpc) is 3.39. The van der Waals surface area contributed by atoms with E-state index in [4.69, 9.17) is 23.2 Å². The lowest BCUT2D eigenvalue weighted by Gasteiger charge is -2.25. The van der Waals surface area contributed by atoms with E-state index in [1.165, 1.54) is 5.69 Å². The second kappa shape index (κ2) is 7.88. The summed E-state index contributed by atoms with van der Waals surface area (Å²) in [6.45, 7) is 4.74. The van der Waals surface area contributed by atoms with Gasteiger partial charge in [0.25, 0.3) is 0 Å². The van der Waals surface area contributed by atoms with Gasteiger partial charge in [-0.25, -0.2) is 4.68 Å². The summed E-state index contributed by atoms with van der Waals surface area (Å²) >= 11 is 12.2. The zero-order chi connectivity index (χ0) is 20.7. The standard InChI is InChI=1S/C22H24Cl2N4O/c1-14-17(15(2)28(25-14)16-8-9-18(23)19(24)12-16)13-22(29)27-11-5-7-21(27)20-6-4-10-26(20)3/h4,6,8-10,12,21H,5,7,11,13H2,1-3H3. The van der Waals surface area contributed by atoms with Crippen LogP contribution in [-0.2, 0) is 18.3 Å². The summed E-state index contributed by atoms with van der Waals surface area (Å²) in [5.74, 6) is 0.147. The molecule has 1 amide bonds. The molecule has 29 heavy (non-hydrogen) atoms. The summed E-state index contributed by atoms with van der Waals surface area (Å²) in [5, 5.41) is 5.64. The third-order valence-electron chi connectivity index (χ3n) is 5.82. The van der Waals surface area contributed by atoms with E-state index < -0.39 is 0 Å². The van der Waals surface area contributed by atoms with Crippen LogP contribution in [0.2, 0.25) is 10.0 Å². The summed E-state index contributed by atoms with van der Waals surface area (Å²) < 4.78 is 3.94. The monoisotopic (exact) mass is 430 g/mol. The number of aryl methyl sites for hydroxylation is 2. The molecule has 2 aromatic heterocycles. The molecular formula is C22H24Cl2N4O. The Labute approximate surface area is 180 Å². The molecule has 1 unspecified atom stereocenters. The number of carbonyl (C=O) groups is 1. The Morgan fingerprint density at radius 3 is 2.69 bits per heavy atom. The van der Waals surface area contributed by atoms with E-state index in [0.717, 1.165) is 42.0 Å². The van der Waals surface area contributed by atoms with Crippen LogP contribution >= 0.6 is 23.2 Å². The van der Waals surface area contributed by atoms with Crippen molar-refractivity contribution >= 4 is 29.1 Å². The van der Waals surface area contributed by atoms with E-state index in [0.29, 0.717) is 16.5 Å². The normalized spacial score (nSPS) is 16.6. The third kappa shape index (κ3) is 3.69. The second-order valence-electron chi connectivity index (χ2n) is 7.63. The molecule has 1 fully saturated rings. The lowest BCUT2D eigenvalue weighted by Crippen LogP contribution is -2.32. The number of aromatic nitrogens is 3. The van der Waals surface area contributed by atoms with E-state index in [1.807, 2.05) is 48.8 Å². The molecular weight excluding hydrogens is 407 g/mol. The van der Waals surface area contributed by atoms with Crippen LogP contribution in [0, 0.1) is 13.8 Å². The molecule has 1 aromatic carbocycles. The summed E-state index contributed by atoms with van der Waals surface area (Å²) in [6, 6.07) is 9.72. The first-order valence-electron chi connectivity index (χ1n) is 9.78. The molecule has 1 atom stereocenters. The number of nitrogens with zero attached hydrogens (tertiary/aromatic N) is 4. The number of hydrogen-bond acceptors (Lipinski definition) is 2. The maximum absolute atomic E-state index is 13.2. The van der Waals surface area contributed by atoms with Gasteiger partial charge in [0.05, 0.1) is 33.9 Å². The van der Waals surface area contributed by atoms with Crippen LogP contribution in [0.3, 0.4) is 0 Å². The summed E-state index contributed by atoms with van der Waals surface area (Å²) in [4.78, 5) is 15.2. The minimum atomic E-state index is 0.147. The number of hydrogen-bond donors (Lipinski definition) is 0. The summed E-state index contributed by atoms with van der Waals surface area (Å²) in [7, 11) is 2.03. The number of halogens is 2. The van der Waals surface area contributed by atoms with Gasteiger partial charge in [-0.05, 0) is 57.0 Å². The second-order valence-corrected chi connectivity index (χ2v) is 8.44. The van der Waals surface area contributed by atoms with Crippen LogP contribution in [0.15, 0.2) is 36.5 Å². The van der Waals surface area contributed by atoms with E-state index in [1.54, 1.807) is 12.1 Å². The van der Waals surface area contributed by atoms with Gasteiger partial charge in [0.1, 0.15) is 0 Å². The van der Waals surface area contributed by atoms with Crippen molar-refractivity contribution in [1.29, 1.82) is 0 Å². The predicted molar refractivity (Wildman–Crippen MR) is 116 cm³/mol. The molecule has 0 bridgehead atoms. The van der Waals surface area contributed by atoms with Gasteiger partial charge in [0.2, 0.25) is 5.91 Å². The Balaban J connectivity index is 1.59. The molecule has 3 aromatic rings. The van der Waals surface area contributed by atoms with Crippen molar-refractivity contribution < 1.29 is 4.79 Å². The van der Waals surface area contributed by atoms with E-state index in [9.17, 15) is 4.79 Å². The smallest absolute Gasteiger partial charge is 0.227 e. The Kier molecular flexibility index (Phi) is 5.45. The Hall–Kier alpha value is -2.24. The molecule has 0 saturated carbocycles. The van der Waals surface area contributed by atoms with Crippen molar-refractivity contribution in [2.24, 2.45) is 7.05 Å². The zero-order valence-electron chi connectivity index (χ0n) is 16.8. The summed E-state index contributed by atoms with van der Waals surface area (Å²) in [6.07, 6.45) is 4.41. The Morgan fingerprint density at radius 2 is 2.00 bits per heavy atom. The van der Waals surface area contributed by atoms with Crippen molar-refractivity contribution in [2.75, 3.05) is 6.54 Å². The third-order valence-corrected chi connectivity index (χ3v) is 6.55. The molecule has 1 aliphatic heterocycles. The molecule has 0 spiro atoms. The van der Waals surface area contributed by atoms with Gasteiger partial charge in [-0.2, -0.15) is 5.10 Å². The lowest BCUT2D eigenvalue weighted by molar-refractivity contribution is -0.131. The van der Waals surface area contributed by atoms with E-state index in [-0.39, 0.29) is 11.9 Å². The van der Waals surface area contributed by atoms with Crippen molar-refractivity contribution in [3.05, 3.63) is 69.2 Å². The number of likely N-dealkylation sites (tertiary alicyclic amines) is 1. The predicted octanol–water partition coefficient (Wildman–Crippen LogP) is 5.04. The van der Waals surface area contributed by atoms with Crippen LogP contribution in [-0.4, -0.2) is 31.7 Å². The average molecular weight is 431 g/mol. The first kappa shape index (κ1) is 20.0. The number of benzene rings is 1. The van der Waals surface area contributed by atoms with Crippen LogP contribution in [0.1, 0.15) is 41.5 Å². The fraction of sp³-hybridized carbons (Fsp3) is 0.364. The molecule has 152 valence electrons. The largest absolute Gasteiger partial charge is 0.353 e. The minimum Gasteiger partial charge on any atom is -0.353 e. The van der Waals surface area contributed by atoms with Crippen LogP contribution in [0.4, 0.5) is 0 Å². The first-order valence-corrected chi connectivity index (χ1v) is 10.5.